The summed E-state index contributed by atoms with van der Waals surface area (Å²) >= 11 is 0. The molecule has 0 unspecified atom stereocenters. The van der Waals surface area contributed by atoms with E-state index >= 15 is 0 Å². The molecular weight excluding hydrogens is 284 g/mol. The highest BCUT2D eigenvalue weighted by molar-refractivity contribution is 6.13. The number of para-hydroxylation sites is 4. The van der Waals surface area contributed by atoms with Crippen molar-refractivity contribution in [3.05, 3.63) is 48.5 Å². The second-order valence-corrected chi connectivity index (χ2v) is 4.63. The van der Waals surface area contributed by atoms with Crippen molar-refractivity contribution in [2.24, 2.45) is 0 Å². The molecule has 22 heavy (non-hydrogen) atoms. The molecule has 0 aromatic heterocycles. The highest BCUT2D eigenvalue weighted by Crippen LogP contribution is 2.47. The van der Waals surface area contributed by atoms with Crippen LogP contribution in [0.3, 0.4) is 0 Å². The number of ether oxygens (including phenoxy) is 1. The highest BCUT2D eigenvalue weighted by Gasteiger charge is 2.35. The molecule has 0 bridgehead atoms. The molecule has 0 aliphatic carbocycles. The Morgan fingerprint density at radius 2 is 1.32 bits per heavy atom. The predicted molar refractivity (Wildman–Crippen MR) is 82.2 cm³/mol. The van der Waals surface area contributed by atoms with Gasteiger partial charge in [-0.2, -0.15) is 0 Å². The van der Waals surface area contributed by atoms with E-state index in [1.54, 1.807) is 55.5 Å². The minimum atomic E-state index is -1.11. The van der Waals surface area contributed by atoms with Gasteiger partial charge < -0.3 is 9.84 Å². The number of hydrogen-bond acceptors (Lipinski definition) is 3. The highest BCUT2D eigenvalue weighted by atomic mass is 16.6. The van der Waals surface area contributed by atoms with Crippen LogP contribution in [0.15, 0.2) is 48.5 Å². The van der Waals surface area contributed by atoms with E-state index < -0.39 is 12.2 Å². The van der Waals surface area contributed by atoms with Crippen LogP contribution in [0.25, 0.3) is 0 Å². The Labute approximate surface area is 127 Å². The number of anilines is 4. The van der Waals surface area contributed by atoms with Crippen LogP contribution in [-0.4, -0.2) is 23.9 Å². The lowest BCUT2D eigenvalue weighted by molar-refractivity contribution is 0.162. The summed E-state index contributed by atoms with van der Waals surface area (Å²) in [6.07, 6.45) is -1.64. The van der Waals surface area contributed by atoms with Crippen molar-refractivity contribution in [1.29, 1.82) is 0 Å². The first kappa shape index (κ1) is 13.9. The molecule has 2 aromatic carbocycles. The van der Waals surface area contributed by atoms with Gasteiger partial charge in [-0.25, -0.2) is 19.4 Å². The number of fused-ring (bicyclic) bond motifs is 2. The minimum absolute atomic E-state index is 0.238. The molecule has 0 radical (unpaired) electrons. The average Bonchev–Trinajstić information content (AvgIpc) is 2.52. The van der Waals surface area contributed by atoms with Gasteiger partial charge in [0.15, 0.2) is 0 Å². The van der Waals surface area contributed by atoms with Crippen LogP contribution in [-0.2, 0) is 4.74 Å². The molecule has 1 aliphatic heterocycles. The molecule has 1 N–H and O–H groups in total. The van der Waals surface area contributed by atoms with Crippen molar-refractivity contribution in [2.45, 2.75) is 6.92 Å². The summed E-state index contributed by atoms with van der Waals surface area (Å²) in [5, 5.41) is 9.55. The molecule has 0 saturated carbocycles. The fraction of sp³-hybridized carbons (Fsp3) is 0.125. The van der Waals surface area contributed by atoms with Crippen LogP contribution >= 0.6 is 0 Å². The molecule has 1 heterocycles. The average molecular weight is 298 g/mol. The normalized spacial score (nSPS) is 12.4. The lowest BCUT2D eigenvalue weighted by Crippen LogP contribution is -2.36. The Hall–Kier alpha value is -3.02. The van der Waals surface area contributed by atoms with E-state index in [0.717, 1.165) is 0 Å². The van der Waals surface area contributed by atoms with Crippen LogP contribution in [0.4, 0.5) is 32.3 Å². The van der Waals surface area contributed by atoms with Crippen molar-refractivity contribution in [2.75, 3.05) is 16.4 Å². The van der Waals surface area contributed by atoms with Crippen molar-refractivity contribution in [3.63, 3.8) is 0 Å². The zero-order valence-electron chi connectivity index (χ0n) is 11.9. The van der Waals surface area contributed by atoms with Crippen molar-refractivity contribution in [1.82, 2.24) is 0 Å². The van der Waals surface area contributed by atoms with Gasteiger partial charge in [0, 0.05) is 0 Å². The summed E-state index contributed by atoms with van der Waals surface area (Å²) in [5.74, 6) is 0. The summed E-state index contributed by atoms with van der Waals surface area (Å²) in [6.45, 7) is 1.96. The van der Waals surface area contributed by atoms with E-state index in [1.165, 1.54) is 9.80 Å². The monoisotopic (exact) mass is 298 g/mol. The standard InChI is InChI=1S/C16H14N2O4/c1-2-22-16(21)18-13-9-5-3-7-11(13)17(15(19)20)12-8-4-6-10-14(12)18/h3-10H,2H2,1H3,(H,19,20). The van der Waals surface area contributed by atoms with Gasteiger partial charge in [0.1, 0.15) is 0 Å². The molecule has 0 saturated heterocycles. The van der Waals surface area contributed by atoms with Gasteiger partial charge in [0.05, 0.1) is 29.4 Å². The molecule has 0 spiro atoms. The third-order valence-electron chi connectivity index (χ3n) is 3.37. The van der Waals surface area contributed by atoms with Gasteiger partial charge in [-0.05, 0) is 31.2 Å². The summed E-state index contributed by atoms with van der Waals surface area (Å²) in [4.78, 5) is 26.6. The van der Waals surface area contributed by atoms with Crippen LogP contribution in [0.2, 0.25) is 0 Å². The number of carbonyl (C=O) groups excluding carboxylic acids is 1. The van der Waals surface area contributed by atoms with Crippen molar-refractivity contribution < 1.29 is 19.4 Å². The van der Waals surface area contributed by atoms with E-state index in [2.05, 4.69) is 0 Å². The second-order valence-electron chi connectivity index (χ2n) is 4.63. The van der Waals surface area contributed by atoms with Gasteiger partial charge in [0.2, 0.25) is 0 Å². The molecule has 2 aromatic rings. The maximum Gasteiger partial charge on any atom is 0.419 e. The third kappa shape index (κ3) is 2.05. The van der Waals surface area contributed by atoms with Crippen LogP contribution in [0.5, 0.6) is 0 Å². The van der Waals surface area contributed by atoms with Gasteiger partial charge in [-0.15, -0.1) is 0 Å². The van der Waals surface area contributed by atoms with E-state index in [1.807, 2.05) is 0 Å². The summed E-state index contributed by atoms with van der Waals surface area (Å²) in [6, 6.07) is 13.7. The van der Waals surface area contributed by atoms with Gasteiger partial charge >= 0.3 is 12.2 Å². The van der Waals surface area contributed by atoms with Crippen LogP contribution in [0.1, 0.15) is 6.92 Å². The fourth-order valence-corrected chi connectivity index (χ4v) is 2.54. The number of carbonyl (C=O) groups is 2. The lowest BCUT2D eigenvalue weighted by Gasteiger charge is -2.35. The first-order chi connectivity index (χ1) is 10.6. The maximum atomic E-state index is 12.3. The molecular formula is C16H14N2O4. The molecule has 0 atom stereocenters. The second kappa shape index (κ2) is 5.40. The summed E-state index contributed by atoms with van der Waals surface area (Å²) in [5.41, 5.74) is 1.78. The largest absolute Gasteiger partial charge is 0.464 e. The zero-order valence-corrected chi connectivity index (χ0v) is 11.9. The number of benzene rings is 2. The Morgan fingerprint density at radius 3 is 1.68 bits per heavy atom. The first-order valence-electron chi connectivity index (χ1n) is 6.83. The van der Waals surface area contributed by atoms with Crippen molar-refractivity contribution >= 4 is 34.9 Å². The number of carboxylic acid groups (broad SMARTS) is 1. The third-order valence-corrected chi connectivity index (χ3v) is 3.37. The quantitative estimate of drug-likeness (QED) is 0.860. The number of nitrogens with zero attached hydrogens (tertiary/aromatic N) is 2. The Bertz CT molecular complexity index is 697. The van der Waals surface area contributed by atoms with E-state index in [-0.39, 0.29) is 6.61 Å². The van der Waals surface area contributed by atoms with Gasteiger partial charge in [-0.3, -0.25) is 0 Å². The first-order valence-corrected chi connectivity index (χ1v) is 6.83. The molecule has 3 rings (SSSR count). The Morgan fingerprint density at radius 1 is 0.909 bits per heavy atom. The molecule has 2 amide bonds. The lowest BCUT2D eigenvalue weighted by atomic mass is 10.1. The Kier molecular flexibility index (Phi) is 3.42. The van der Waals surface area contributed by atoms with Gasteiger partial charge in [0.25, 0.3) is 0 Å². The SMILES string of the molecule is CCOC(=O)N1c2ccccc2N(C(=O)O)c2ccccc21. The number of amides is 2. The topological polar surface area (TPSA) is 70.1 Å². The number of rotatable bonds is 1. The van der Waals surface area contributed by atoms with Crippen LogP contribution < -0.4 is 9.80 Å². The van der Waals surface area contributed by atoms with E-state index in [4.69, 9.17) is 4.74 Å². The van der Waals surface area contributed by atoms with Gasteiger partial charge in [-0.1, -0.05) is 24.3 Å². The molecule has 6 nitrogen and oxygen atoms in total. The molecule has 1 aliphatic rings. The molecule has 112 valence electrons. The molecule has 6 heteroatoms. The smallest absolute Gasteiger partial charge is 0.419 e. The summed E-state index contributed by atoms with van der Waals surface area (Å²) in [7, 11) is 0. The molecule has 0 fully saturated rings. The predicted octanol–water partition coefficient (Wildman–Crippen LogP) is 4.11. The number of hydrogen-bond donors (Lipinski definition) is 1. The van der Waals surface area contributed by atoms with Crippen LogP contribution in [0, 0.1) is 0 Å². The van der Waals surface area contributed by atoms with E-state index in [9.17, 15) is 14.7 Å². The minimum Gasteiger partial charge on any atom is -0.464 e. The van der Waals surface area contributed by atoms with Crippen molar-refractivity contribution in [3.8, 4) is 0 Å². The fourth-order valence-electron chi connectivity index (χ4n) is 2.54. The van der Waals surface area contributed by atoms with E-state index in [0.29, 0.717) is 22.7 Å². The maximum absolute atomic E-state index is 12.3. The summed E-state index contributed by atoms with van der Waals surface area (Å²) < 4.78 is 5.11. The Balaban J connectivity index is 2.25. The zero-order chi connectivity index (χ0) is 15.7.